The second kappa shape index (κ2) is 5.70. The van der Waals surface area contributed by atoms with Gasteiger partial charge in [0.25, 0.3) is 5.91 Å². The van der Waals surface area contributed by atoms with E-state index in [1.165, 1.54) is 12.1 Å². The second-order valence-corrected chi connectivity index (χ2v) is 5.11. The van der Waals surface area contributed by atoms with Gasteiger partial charge in [-0.3, -0.25) is 4.79 Å². The predicted octanol–water partition coefficient (Wildman–Crippen LogP) is 3.37. The summed E-state index contributed by atoms with van der Waals surface area (Å²) in [5.74, 6) is -0.0582. The molecule has 1 aliphatic rings. The Balaban J connectivity index is 2.23. The topological polar surface area (TPSA) is 20.3 Å². The van der Waals surface area contributed by atoms with E-state index in [0.29, 0.717) is 18.0 Å². The lowest BCUT2D eigenvalue weighted by molar-refractivity contribution is 0.0596. The highest BCUT2D eigenvalue weighted by molar-refractivity contribution is 6.18. The van der Waals surface area contributed by atoms with Crippen molar-refractivity contribution in [3.05, 3.63) is 35.1 Å². The highest BCUT2D eigenvalue weighted by Crippen LogP contribution is 2.27. The molecule has 98 valence electrons. The Kier molecular flexibility index (Phi) is 4.23. The lowest BCUT2D eigenvalue weighted by atomic mass is 9.90. The third-order valence-corrected chi connectivity index (χ3v) is 3.70. The van der Waals surface area contributed by atoms with Gasteiger partial charge in [0.2, 0.25) is 0 Å². The molecule has 1 saturated carbocycles. The van der Waals surface area contributed by atoms with Gasteiger partial charge in [-0.1, -0.05) is 6.07 Å². The molecule has 4 heteroatoms. The van der Waals surface area contributed by atoms with Crippen LogP contribution in [0.1, 0.15) is 35.2 Å². The Bertz CT molecular complexity index is 445. The quantitative estimate of drug-likeness (QED) is 0.768. The molecular formula is C14H17ClFNO. The number of aryl methyl sites for hydroxylation is 1. The van der Waals surface area contributed by atoms with Crippen LogP contribution < -0.4 is 0 Å². The molecule has 0 unspecified atom stereocenters. The minimum atomic E-state index is -0.372. The van der Waals surface area contributed by atoms with E-state index in [2.05, 4.69) is 0 Å². The molecule has 0 N–H and O–H groups in total. The summed E-state index contributed by atoms with van der Waals surface area (Å²) in [6, 6.07) is 4.61. The molecule has 0 spiro atoms. The van der Waals surface area contributed by atoms with Gasteiger partial charge in [-0.05, 0) is 43.9 Å². The fraction of sp³-hybridized carbons (Fsp3) is 0.500. The van der Waals surface area contributed by atoms with E-state index < -0.39 is 0 Å². The SMILES string of the molecule is Cc1ccc(F)cc1C(=O)N(CCCl)C1CCC1. The number of carbonyl (C=O) groups is 1. The number of benzene rings is 1. The summed E-state index contributed by atoms with van der Waals surface area (Å²) >= 11 is 5.76. The second-order valence-electron chi connectivity index (χ2n) is 4.73. The van der Waals surface area contributed by atoms with Crippen molar-refractivity contribution in [1.29, 1.82) is 0 Å². The number of hydrogen-bond acceptors (Lipinski definition) is 1. The molecule has 0 aliphatic heterocycles. The molecule has 0 bridgehead atoms. The molecule has 1 fully saturated rings. The van der Waals surface area contributed by atoms with Crippen LogP contribution in [0.4, 0.5) is 4.39 Å². The van der Waals surface area contributed by atoms with Crippen LogP contribution in [0.2, 0.25) is 0 Å². The van der Waals surface area contributed by atoms with E-state index in [0.717, 1.165) is 24.8 Å². The van der Waals surface area contributed by atoms with Crippen molar-refractivity contribution in [1.82, 2.24) is 4.90 Å². The molecule has 1 aromatic carbocycles. The van der Waals surface area contributed by atoms with Crippen molar-refractivity contribution >= 4 is 17.5 Å². The summed E-state index contributed by atoms with van der Waals surface area (Å²) in [5, 5.41) is 0. The maximum absolute atomic E-state index is 13.3. The van der Waals surface area contributed by atoms with Crippen LogP contribution in [0.5, 0.6) is 0 Å². The van der Waals surface area contributed by atoms with Crippen LogP contribution in [0.3, 0.4) is 0 Å². The normalized spacial score (nSPS) is 15.3. The number of hydrogen-bond donors (Lipinski definition) is 0. The van der Waals surface area contributed by atoms with Crippen LogP contribution >= 0.6 is 11.6 Å². The lowest BCUT2D eigenvalue weighted by Gasteiger charge is -2.37. The Morgan fingerprint density at radius 1 is 1.50 bits per heavy atom. The number of amides is 1. The molecule has 18 heavy (non-hydrogen) atoms. The average Bonchev–Trinajstić information content (AvgIpc) is 2.28. The molecule has 0 atom stereocenters. The summed E-state index contributed by atoms with van der Waals surface area (Å²) in [6.07, 6.45) is 3.20. The van der Waals surface area contributed by atoms with Crippen molar-refractivity contribution in [3.8, 4) is 0 Å². The number of carbonyl (C=O) groups excluding carboxylic acids is 1. The highest BCUT2D eigenvalue weighted by atomic mass is 35.5. The molecular weight excluding hydrogens is 253 g/mol. The Labute approximate surface area is 112 Å². The van der Waals surface area contributed by atoms with Gasteiger partial charge < -0.3 is 4.90 Å². The molecule has 0 aromatic heterocycles. The molecule has 0 saturated heterocycles. The van der Waals surface area contributed by atoms with Crippen LogP contribution in [-0.2, 0) is 0 Å². The van der Waals surface area contributed by atoms with Crippen LogP contribution in [-0.4, -0.2) is 29.3 Å². The zero-order valence-electron chi connectivity index (χ0n) is 10.5. The zero-order valence-corrected chi connectivity index (χ0v) is 11.2. The minimum Gasteiger partial charge on any atom is -0.334 e. The highest BCUT2D eigenvalue weighted by Gasteiger charge is 2.29. The first-order valence-electron chi connectivity index (χ1n) is 6.26. The molecule has 0 radical (unpaired) electrons. The molecule has 1 aliphatic carbocycles. The fourth-order valence-corrected chi connectivity index (χ4v) is 2.40. The number of alkyl halides is 1. The van der Waals surface area contributed by atoms with Crippen LogP contribution in [0.25, 0.3) is 0 Å². The van der Waals surface area contributed by atoms with Gasteiger partial charge in [-0.15, -0.1) is 11.6 Å². The van der Waals surface area contributed by atoms with Crippen molar-refractivity contribution in [3.63, 3.8) is 0 Å². The maximum atomic E-state index is 13.3. The Morgan fingerprint density at radius 2 is 2.22 bits per heavy atom. The van der Waals surface area contributed by atoms with E-state index in [4.69, 9.17) is 11.6 Å². The number of nitrogens with zero attached hydrogens (tertiary/aromatic N) is 1. The van der Waals surface area contributed by atoms with Crippen LogP contribution in [0.15, 0.2) is 18.2 Å². The monoisotopic (exact) mass is 269 g/mol. The van der Waals surface area contributed by atoms with E-state index in [9.17, 15) is 9.18 Å². The van der Waals surface area contributed by atoms with Gasteiger partial charge in [-0.25, -0.2) is 4.39 Å². The van der Waals surface area contributed by atoms with Crippen molar-refractivity contribution in [2.45, 2.75) is 32.2 Å². The van der Waals surface area contributed by atoms with Gasteiger partial charge in [0.1, 0.15) is 5.82 Å². The van der Waals surface area contributed by atoms with Gasteiger partial charge in [0.05, 0.1) is 0 Å². The predicted molar refractivity (Wildman–Crippen MR) is 70.5 cm³/mol. The van der Waals surface area contributed by atoms with Gasteiger partial charge in [0.15, 0.2) is 0 Å². The number of rotatable bonds is 4. The van der Waals surface area contributed by atoms with Crippen molar-refractivity contribution in [2.24, 2.45) is 0 Å². The van der Waals surface area contributed by atoms with Crippen molar-refractivity contribution in [2.75, 3.05) is 12.4 Å². The Hall–Kier alpha value is -1.09. The van der Waals surface area contributed by atoms with E-state index in [-0.39, 0.29) is 17.8 Å². The standard InChI is InChI=1S/C14H17ClFNO/c1-10-5-6-11(16)9-13(10)14(18)17(8-7-15)12-3-2-4-12/h5-6,9,12H,2-4,7-8H2,1H3. The average molecular weight is 270 g/mol. The van der Waals surface area contributed by atoms with Crippen LogP contribution in [0, 0.1) is 12.7 Å². The van der Waals surface area contributed by atoms with E-state index >= 15 is 0 Å². The summed E-state index contributed by atoms with van der Waals surface area (Å²) in [5.41, 5.74) is 1.26. The third kappa shape index (κ3) is 2.66. The number of halogens is 2. The van der Waals surface area contributed by atoms with E-state index in [1.807, 2.05) is 6.92 Å². The zero-order chi connectivity index (χ0) is 13.1. The molecule has 2 nitrogen and oxygen atoms in total. The summed E-state index contributed by atoms with van der Waals surface area (Å²) in [7, 11) is 0. The van der Waals surface area contributed by atoms with Gasteiger partial charge >= 0.3 is 0 Å². The summed E-state index contributed by atoms with van der Waals surface area (Å²) in [6.45, 7) is 2.35. The summed E-state index contributed by atoms with van der Waals surface area (Å²) < 4.78 is 13.3. The smallest absolute Gasteiger partial charge is 0.254 e. The molecule has 2 rings (SSSR count). The first-order chi connectivity index (χ1) is 8.63. The van der Waals surface area contributed by atoms with E-state index in [1.54, 1.807) is 11.0 Å². The van der Waals surface area contributed by atoms with Gasteiger partial charge in [0, 0.05) is 24.0 Å². The molecule has 1 aromatic rings. The lowest BCUT2D eigenvalue weighted by Crippen LogP contribution is -2.45. The largest absolute Gasteiger partial charge is 0.334 e. The first-order valence-corrected chi connectivity index (χ1v) is 6.80. The van der Waals surface area contributed by atoms with Gasteiger partial charge in [-0.2, -0.15) is 0 Å². The molecule has 0 heterocycles. The maximum Gasteiger partial charge on any atom is 0.254 e. The molecule has 1 amide bonds. The summed E-state index contributed by atoms with van der Waals surface area (Å²) in [4.78, 5) is 14.2. The third-order valence-electron chi connectivity index (χ3n) is 3.53. The first kappa shape index (κ1) is 13.3. The Morgan fingerprint density at radius 3 is 2.78 bits per heavy atom. The van der Waals surface area contributed by atoms with Crippen molar-refractivity contribution < 1.29 is 9.18 Å². The minimum absolute atomic E-state index is 0.0997. The fourth-order valence-electron chi connectivity index (χ4n) is 2.22.